The minimum atomic E-state index is -0.167. The second-order valence-electron chi connectivity index (χ2n) is 7.87. The molecule has 2 aromatic carbocycles. The van der Waals surface area contributed by atoms with E-state index in [1.165, 1.54) is 0 Å². The monoisotopic (exact) mass is 378 g/mol. The zero-order valence-corrected chi connectivity index (χ0v) is 17.0. The maximum atomic E-state index is 12.8. The number of carbonyl (C=O) groups is 1. The molecule has 1 heterocycles. The molecule has 0 saturated heterocycles. The minimum Gasteiger partial charge on any atom is -0.489 e. The van der Waals surface area contributed by atoms with Crippen LogP contribution in [0.15, 0.2) is 53.1 Å². The second-order valence-corrected chi connectivity index (χ2v) is 7.87. The molecule has 0 atom stereocenters. The first-order chi connectivity index (χ1) is 13.3. The predicted octanol–water partition coefficient (Wildman–Crippen LogP) is 5.42. The summed E-state index contributed by atoms with van der Waals surface area (Å²) in [6, 6.07) is 15.0. The largest absolute Gasteiger partial charge is 0.489 e. The Labute approximate surface area is 165 Å². The van der Waals surface area contributed by atoms with Gasteiger partial charge in [0.2, 0.25) is 0 Å². The molecular formula is C23H26N2O3. The smallest absolute Gasteiger partial charge is 0.255 e. The molecule has 0 bridgehead atoms. The Kier molecular flexibility index (Phi) is 5.54. The number of aryl methyl sites for hydroxylation is 2. The van der Waals surface area contributed by atoms with E-state index in [0.29, 0.717) is 17.9 Å². The van der Waals surface area contributed by atoms with Crippen molar-refractivity contribution in [3.05, 3.63) is 76.7 Å². The van der Waals surface area contributed by atoms with Crippen LogP contribution in [-0.4, -0.2) is 11.1 Å². The summed E-state index contributed by atoms with van der Waals surface area (Å²) in [7, 11) is 0. The van der Waals surface area contributed by atoms with Gasteiger partial charge in [-0.1, -0.05) is 50.2 Å². The highest BCUT2D eigenvalue weighted by molar-refractivity contribution is 6.05. The average molecular weight is 378 g/mol. The molecule has 0 fully saturated rings. The molecule has 28 heavy (non-hydrogen) atoms. The molecule has 0 aliphatic heterocycles. The SMILES string of the molecule is Cc1noc(C)c1COc1cccc(C(=O)Nc2ccccc2C(C)(C)C)c1. The van der Waals surface area contributed by atoms with Gasteiger partial charge in [0, 0.05) is 11.3 Å². The van der Waals surface area contributed by atoms with Gasteiger partial charge in [-0.3, -0.25) is 4.79 Å². The van der Waals surface area contributed by atoms with E-state index in [2.05, 4.69) is 31.2 Å². The third kappa shape index (κ3) is 4.42. The summed E-state index contributed by atoms with van der Waals surface area (Å²) < 4.78 is 11.0. The van der Waals surface area contributed by atoms with Crippen LogP contribution < -0.4 is 10.1 Å². The van der Waals surface area contributed by atoms with Crippen LogP contribution in [0.4, 0.5) is 5.69 Å². The Bertz CT molecular complexity index is 964. The van der Waals surface area contributed by atoms with E-state index < -0.39 is 0 Å². The molecule has 0 aliphatic rings. The van der Waals surface area contributed by atoms with Gasteiger partial charge in [-0.25, -0.2) is 0 Å². The standard InChI is InChI=1S/C23H26N2O3/c1-15-19(16(2)28-25-15)14-27-18-10-8-9-17(13-18)22(26)24-21-12-7-6-11-20(21)23(3,4)5/h6-13H,14H2,1-5H3,(H,24,26). The molecule has 5 nitrogen and oxygen atoms in total. The third-order valence-electron chi connectivity index (χ3n) is 4.64. The van der Waals surface area contributed by atoms with Crippen molar-refractivity contribution < 1.29 is 14.1 Å². The quantitative estimate of drug-likeness (QED) is 0.644. The number of para-hydroxylation sites is 1. The molecule has 5 heteroatoms. The first kappa shape index (κ1) is 19.7. The zero-order chi connectivity index (χ0) is 20.3. The second kappa shape index (κ2) is 7.89. The van der Waals surface area contributed by atoms with Crippen molar-refractivity contribution in [2.75, 3.05) is 5.32 Å². The fraction of sp³-hybridized carbons (Fsp3) is 0.304. The molecule has 1 aromatic heterocycles. The van der Waals surface area contributed by atoms with Crippen molar-refractivity contribution in [1.82, 2.24) is 5.16 Å². The number of hydrogen-bond donors (Lipinski definition) is 1. The van der Waals surface area contributed by atoms with E-state index in [0.717, 1.165) is 28.3 Å². The number of anilines is 1. The summed E-state index contributed by atoms with van der Waals surface area (Å²) in [6.45, 7) is 10.5. The lowest BCUT2D eigenvalue weighted by Gasteiger charge is -2.23. The highest BCUT2D eigenvalue weighted by Crippen LogP contribution is 2.29. The first-order valence-corrected chi connectivity index (χ1v) is 9.31. The van der Waals surface area contributed by atoms with E-state index in [1.807, 2.05) is 50.2 Å². The van der Waals surface area contributed by atoms with E-state index >= 15 is 0 Å². The highest BCUT2D eigenvalue weighted by atomic mass is 16.5. The van der Waals surface area contributed by atoms with E-state index in [9.17, 15) is 4.79 Å². The van der Waals surface area contributed by atoms with Crippen LogP contribution >= 0.6 is 0 Å². The Hall–Kier alpha value is -3.08. The number of carbonyl (C=O) groups excluding carboxylic acids is 1. The number of ether oxygens (including phenoxy) is 1. The van der Waals surface area contributed by atoms with Crippen LogP contribution in [0.25, 0.3) is 0 Å². The summed E-state index contributed by atoms with van der Waals surface area (Å²) in [6.07, 6.45) is 0. The molecule has 3 rings (SSSR count). The number of amides is 1. The average Bonchev–Trinajstić information content (AvgIpc) is 2.97. The first-order valence-electron chi connectivity index (χ1n) is 9.31. The molecule has 0 saturated carbocycles. The van der Waals surface area contributed by atoms with Crippen molar-refractivity contribution >= 4 is 11.6 Å². The number of aromatic nitrogens is 1. The number of benzene rings is 2. The third-order valence-corrected chi connectivity index (χ3v) is 4.64. The fourth-order valence-electron chi connectivity index (χ4n) is 3.03. The number of nitrogens with one attached hydrogen (secondary N) is 1. The van der Waals surface area contributed by atoms with Gasteiger partial charge < -0.3 is 14.6 Å². The molecule has 0 spiro atoms. The Morgan fingerprint density at radius 1 is 1.11 bits per heavy atom. The molecular weight excluding hydrogens is 352 g/mol. The molecule has 3 aromatic rings. The van der Waals surface area contributed by atoms with Gasteiger partial charge in [0.15, 0.2) is 0 Å². The summed E-state index contributed by atoms with van der Waals surface area (Å²) in [5, 5.41) is 6.96. The Morgan fingerprint density at radius 3 is 2.54 bits per heavy atom. The maximum Gasteiger partial charge on any atom is 0.255 e. The van der Waals surface area contributed by atoms with Crippen molar-refractivity contribution in [1.29, 1.82) is 0 Å². The summed E-state index contributed by atoms with van der Waals surface area (Å²) in [4.78, 5) is 12.8. The van der Waals surface area contributed by atoms with Crippen LogP contribution in [0.5, 0.6) is 5.75 Å². The van der Waals surface area contributed by atoms with Gasteiger partial charge in [0.05, 0.1) is 11.3 Å². The lowest BCUT2D eigenvalue weighted by atomic mass is 9.86. The Morgan fingerprint density at radius 2 is 1.86 bits per heavy atom. The summed E-state index contributed by atoms with van der Waals surface area (Å²) in [5.74, 6) is 1.20. The predicted molar refractivity (Wildman–Crippen MR) is 110 cm³/mol. The van der Waals surface area contributed by atoms with Gasteiger partial charge >= 0.3 is 0 Å². The highest BCUT2D eigenvalue weighted by Gasteiger charge is 2.19. The van der Waals surface area contributed by atoms with Crippen molar-refractivity contribution in [3.8, 4) is 5.75 Å². The van der Waals surface area contributed by atoms with Gasteiger partial charge in [-0.05, 0) is 49.1 Å². The molecule has 0 unspecified atom stereocenters. The van der Waals surface area contributed by atoms with Crippen molar-refractivity contribution in [3.63, 3.8) is 0 Å². The lowest BCUT2D eigenvalue weighted by Crippen LogP contribution is -2.18. The maximum absolute atomic E-state index is 12.8. The molecule has 0 aliphatic carbocycles. The minimum absolute atomic E-state index is 0.0663. The van der Waals surface area contributed by atoms with Gasteiger partial charge in [0.25, 0.3) is 5.91 Å². The van der Waals surface area contributed by atoms with Crippen LogP contribution in [0.2, 0.25) is 0 Å². The molecule has 1 amide bonds. The molecule has 1 N–H and O–H groups in total. The number of nitrogens with zero attached hydrogens (tertiary/aromatic N) is 1. The van der Waals surface area contributed by atoms with E-state index in [-0.39, 0.29) is 11.3 Å². The van der Waals surface area contributed by atoms with Gasteiger partial charge in [-0.15, -0.1) is 0 Å². The Balaban J connectivity index is 1.75. The van der Waals surface area contributed by atoms with Gasteiger partial charge in [-0.2, -0.15) is 0 Å². The number of rotatable bonds is 5. The normalized spacial score (nSPS) is 11.3. The van der Waals surface area contributed by atoms with Crippen molar-refractivity contribution in [2.24, 2.45) is 0 Å². The molecule has 146 valence electrons. The molecule has 0 radical (unpaired) electrons. The topological polar surface area (TPSA) is 64.4 Å². The van der Waals surface area contributed by atoms with Crippen LogP contribution in [0.1, 0.15) is 53.7 Å². The number of hydrogen-bond acceptors (Lipinski definition) is 4. The van der Waals surface area contributed by atoms with Gasteiger partial charge in [0.1, 0.15) is 18.1 Å². The summed E-state index contributed by atoms with van der Waals surface area (Å²) in [5.41, 5.74) is 4.12. The van der Waals surface area contributed by atoms with Crippen LogP contribution in [-0.2, 0) is 12.0 Å². The van der Waals surface area contributed by atoms with Crippen LogP contribution in [0.3, 0.4) is 0 Å². The van der Waals surface area contributed by atoms with Crippen LogP contribution in [0, 0.1) is 13.8 Å². The van der Waals surface area contributed by atoms with Crippen molar-refractivity contribution in [2.45, 2.75) is 46.6 Å². The van der Waals surface area contributed by atoms with E-state index in [4.69, 9.17) is 9.26 Å². The van der Waals surface area contributed by atoms with E-state index in [1.54, 1.807) is 12.1 Å². The lowest BCUT2D eigenvalue weighted by molar-refractivity contribution is 0.102. The fourth-order valence-corrected chi connectivity index (χ4v) is 3.03. The zero-order valence-electron chi connectivity index (χ0n) is 17.0. The summed E-state index contributed by atoms with van der Waals surface area (Å²) >= 11 is 0.